The molecule has 1 fully saturated rings. The fourth-order valence-electron chi connectivity index (χ4n) is 6.86. The molecule has 6 N–H and O–H groups in total. The van der Waals surface area contributed by atoms with Crippen molar-refractivity contribution in [2.24, 2.45) is 17.6 Å². The number of hydrogen-bond acceptors (Lipinski definition) is 10. The lowest BCUT2D eigenvalue weighted by Crippen LogP contribution is -2.65. The molecule has 2 aromatic rings. The van der Waals surface area contributed by atoms with E-state index in [0.717, 1.165) is 0 Å². The largest absolute Gasteiger partial charge is 0.508 e. The summed E-state index contributed by atoms with van der Waals surface area (Å²) in [6.07, 6.45) is 3.06. The molecule has 226 valence electrons. The number of carbonyl (C=O) groups excluding carboxylic acids is 3. The third kappa shape index (κ3) is 4.53. The van der Waals surface area contributed by atoms with Gasteiger partial charge in [0.25, 0.3) is 5.91 Å². The van der Waals surface area contributed by atoms with Crippen LogP contribution in [-0.2, 0) is 27.3 Å². The van der Waals surface area contributed by atoms with Crippen LogP contribution in [0, 0.1) is 17.8 Å². The summed E-state index contributed by atoms with van der Waals surface area (Å²) >= 11 is 0. The van der Waals surface area contributed by atoms with E-state index in [-0.39, 0.29) is 36.3 Å². The van der Waals surface area contributed by atoms with E-state index in [0.29, 0.717) is 28.8 Å². The predicted octanol–water partition coefficient (Wildman–Crippen LogP) is 1.78. The zero-order valence-electron chi connectivity index (χ0n) is 24.0. The molecule has 1 heterocycles. The van der Waals surface area contributed by atoms with Crippen molar-refractivity contribution in [3.05, 3.63) is 76.6 Å². The van der Waals surface area contributed by atoms with Gasteiger partial charge in [-0.1, -0.05) is 6.08 Å². The van der Waals surface area contributed by atoms with Crippen LogP contribution in [0.2, 0.25) is 0 Å². The highest BCUT2D eigenvalue weighted by Gasteiger charge is 2.64. The van der Waals surface area contributed by atoms with Gasteiger partial charge in [-0.25, -0.2) is 4.98 Å². The van der Waals surface area contributed by atoms with Crippen LogP contribution in [0.15, 0.2) is 54.0 Å². The minimum Gasteiger partial charge on any atom is -0.508 e. The number of halogens is 1. The number of likely N-dealkylation sites (N-methyl/N-ethyl adjacent to an activating group) is 2. The van der Waals surface area contributed by atoms with E-state index >= 15 is 0 Å². The molecule has 12 heteroatoms. The lowest BCUT2D eigenvalue weighted by molar-refractivity contribution is -0.153. The van der Waals surface area contributed by atoms with E-state index < -0.39 is 64.0 Å². The Bertz CT molecular complexity index is 1630. The SMILES string of the molecule is C=CCN(C)Cc1cc(-c2ccc(F)nc2)c2c(c1O)C(O)=C1C(=O)[C@]3(O)C(O)=C(C(N)=O)C(=O)[C@@H](N(C)C)C3CC1C2. The summed E-state index contributed by atoms with van der Waals surface area (Å²) in [6.45, 7) is 4.42. The van der Waals surface area contributed by atoms with Crippen molar-refractivity contribution in [3.63, 3.8) is 0 Å². The molecule has 1 aromatic heterocycles. The molecular weight excluding hydrogens is 559 g/mol. The molecule has 43 heavy (non-hydrogen) atoms. The van der Waals surface area contributed by atoms with Crippen LogP contribution in [0.3, 0.4) is 0 Å². The number of fused-ring (bicyclic) bond motifs is 3. The molecule has 0 radical (unpaired) electrons. The summed E-state index contributed by atoms with van der Waals surface area (Å²) in [7, 11) is 4.87. The van der Waals surface area contributed by atoms with Crippen LogP contribution in [-0.4, -0.2) is 92.0 Å². The van der Waals surface area contributed by atoms with E-state index in [2.05, 4.69) is 11.6 Å². The molecule has 0 spiro atoms. The predicted molar refractivity (Wildman–Crippen MR) is 154 cm³/mol. The summed E-state index contributed by atoms with van der Waals surface area (Å²) in [5.41, 5.74) is 3.40. The van der Waals surface area contributed by atoms with Crippen LogP contribution in [0.25, 0.3) is 16.9 Å². The summed E-state index contributed by atoms with van der Waals surface area (Å²) < 4.78 is 13.7. The zero-order chi connectivity index (χ0) is 31.5. The number of aliphatic hydroxyl groups excluding tert-OH is 2. The minimum atomic E-state index is -2.73. The Labute approximate surface area is 247 Å². The van der Waals surface area contributed by atoms with Crippen LogP contribution in [0.5, 0.6) is 5.75 Å². The second-order valence-electron chi connectivity index (χ2n) is 11.6. The van der Waals surface area contributed by atoms with Crippen LogP contribution in [0.1, 0.15) is 23.1 Å². The van der Waals surface area contributed by atoms with Gasteiger partial charge in [-0.3, -0.25) is 24.2 Å². The smallest absolute Gasteiger partial charge is 0.255 e. The molecule has 1 saturated carbocycles. The van der Waals surface area contributed by atoms with E-state index in [4.69, 9.17) is 5.73 Å². The molecule has 0 aliphatic heterocycles. The maximum atomic E-state index is 14.1. The molecule has 0 bridgehead atoms. The Morgan fingerprint density at radius 3 is 2.51 bits per heavy atom. The van der Waals surface area contributed by atoms with E-state index in [1.165, 1.54) is 37.3 Å². The van der Waals surface area contributed by atoms with Gasteiger partial charge < -0.3 is 26.2 Å². The van der Waals surface area contributed by atoms with Gasteiger partial charge >= 0.3 is 0 Å². The van der Waals surface area contributed by atoms with Gasteiger partial charge in [-0.2, -0.15) is 4.39 Å². The fraction of sp³-hybridized carbons (Fsp3) is 0.355. The van der Waals surface area contributed by atoms with Crippen molar-refractivity contribution >= 4 is 23.2 Å². The van der Waals surface area contributed by atoms with E-state index in [1.54, 1.807) is 19.2 Å². The number of aliphatic hydroxyl groups is 3. The molecule has 5 rings (SSSR count). The van der Waals surface area contributed by atoms with Crippen molar-refractivity contribution in [2.45, 2.75) is 31.0 Å². The van der Waals surface area contributed by atoms with Gasteiger partial charge in [-0.15, -0.1) is 6.58 Å². The van der Waals surface area contributed by atoms with Crippen LogP contribution in [0.4, 0.5) is 4.39 Å². The Morgan fingerprint density at radius 2 is 1.93 bits per heavy atom. The number of amides is 1. The van der Waals surface area contributed by atoms with Crippen LogP contribution >= 0.6 is 0 Å². The van der Waals surface area contributed by atoms with Crippen LogP contribution < -0.4 is 5.73 Å². The minimum absolute atomic E-state index is 0.0416. The summed E-state index contributed by atoms with van der Waals surface area (Å²) in [5, 5.41) is 46.0. The Morgan fingerprint density at radius 1 is 1.23 bits per heavy atom. The first kappa shape index (κ1) is 30.1. The Kier molecular flexibility index (Phi) is 7.49. The molecule has 1 amide bonds. The maximum absolute atomic E-state index is 14.1. The van der Waals surface area contributed by atoms with Gasteiger partial charge in [0.1, 0.15) is 22.8 Å². The summed E-state index contributed by atoms with van der Waals surface area (Å²) in [5.74, 6) is -7.88. The third-order valence-electron chi connectivity index (χ3n) is 8.72. The Hall–Kier alpha value is -4.39. The average molecular weight is 593 g/mol. The Balaban J connectivity index is 1.76. The molecule has 1 aromatic carbocycles. The molecule has 4 atom stereocenters. The second kappa shape index (κ2) is 10.7. The number of primary amides is 1. The fourth-order valence-corrected chi connectivity index (χ4v) is 6.86. The number of hydrogen-bond donors (Lipinski definition) is 5. The zero-order valence-corrected chi connectivity index (χ0v) is 24.0. The monoisotopic (exact) mass is 592 g/mol. The number of benzene rings is 1. The van der Waals surface area contributed by atoms with E-state index in [9.17, 15) is 39.2 Å². The van der Waals surface area contributed by atoms with Crippen molar-refractivity contribution < 1.29 is 39.2 Å². The van der Waals surface area contributed by atoms with E-state index in [1.807, 2.05) is 4.90 Å². The number of rotatable bonds is 7. The lowest BCUT2D eigenvalue weighted by Gasteiger charge is -2.50. The quantitative estimate of drug-likeness (QED) is 0.181. The number of nitrogens with zero attached hydrogens (tertiary/aromatic N) is 3. The third-order valence-corrected chi connectivity index (χ3v) is 8.72. The van der Waals surface area contributed by atoms with Crippen molar-refractivity contribution in [1.29, 1.82) is 0 Å². The second-order valence-corrected chi connectivity index (χ2v) is 11.6. The first-order valence-electron chi connectivity index (χ1n) is 13.7. The summed E-state index contributed by atoms with van der Waals surface area (Å²) in [6, 6.07) is 3.24. The number of aromatic nitrogens is 1. The lowest BCUT2D eigenvalue weighted by atomic mass is 9.57. The molecule has 3 aliphatic carbocycles. The number of aromatic hydroxyl groups is 1. The van der Waals surface area contributed by atoms with Gasteiger partial charge in [0.15, 0.2) is 11.4 Å². The maximum Gasteiger partial charge on any atom is 0.255 e. The van der Waals surface area contributed by atoms with Gasteiger partial charge in [0.2, 0.25) is 11.7 Å². The molecule has 11 nitrogen and oxygen atoms in total. The van der Waals surface area contributed by atoms with Crippen molar-refractivity contribution in [1.82, 2.24) is 14.8 Å². The summed E-state index contributed by atoms with van der Waals surface area (Å²) in [4.78, 5) is 46.7. The normalized spacial score (nSPS) is 25.1. The number of phenols is 1. The van der Waals surface area contributed by atoms with Crippen molar-refractivity contribution in [3.8, 4) is 16.9 Å². The first-order chi connectivity index (χ1) is 20.2. The molecule has 2 unspecified atom stereocenters. The van der Waals surface area contributed by atoms with Crippen molar-refractivity contribution in [2.75, 3.05) is 27.7 Å². The first-order valence-corrected chi connectivity index (χ1v) is 13.7. The highest BCUT2D eigenvalue weighted by atomic mass is 19.1. The number of pyridine rings is 1. The highest BCUT2D eigenvalue weighted by molar-refractivity contribution is 6.24. The highest BCUT2D eigenvalue weighted by Crippen LogP contribution is 2.54. The number of phenolic OH excluding ortho intramolecular Hbond substituents is 1. The molecule has 0 saturated heterocycles. The number of carbonyl (C=O) groups is 3. The standard InChI is InChI=1S/C31H33FN4O7/c1-5-8-36(4)13-16-10-17(14-6-7-20(32)34-12-14)18-9-15-11-19-24(35(2)3)27(39)23(30(33)42)29(41)31(19,43)28(40)21(15)26(38)22(18)25(16)37/h5-7,10,12,15,19,24,37-38,41,43H,1,8-9,11,13H2,2-4H3,(H2,33,42)/t15?,19?,24-,31-/m0/s1. The number of Topliss-reactive ketones (excluding diaryl/α,β-unsaturated/α-hetero) is 2. The number of ketones is 2. The molecule has 3 aliphatic rings. The van der Waals surface area contributed by atoms with Gasteiger partial charge in [0.05, 0.1) is 11.6 Å². The topological polar surface area (TPSA) is 178 Å². The average Bonchev–Trinajstić information content (AvgIpc) is 2.92. The van der Waals surface area contributed by atoms with Gasteiger partial charge in [-0.05, 0) is 69.2 Å². The number of nitrogens with two attached hydrogens (primary N) is 1. The van der Waals surface area contributed by atoms with Gasteiger partial charge in [0, 0.05) is 41.9 Å². The molecular formula is C31H33FN4O7.